The maximum Gasteiger partial charge on any atom is 0.412 e. The zero-order chi connectivity index (χ0) is 16.4. The predicted molar refractivity (Wildman–Crippen MR) is 71.9 cm³/mol. The molecule has 1 aromatic carbocycles. The van der Waals surface area contributed by atoms with Crippen LogP contribution in [0.2, 0.25) is 0 Å². The first-order valence-electron chi connectivity index (χ1n) is 5.85. The van der Waals surface area contributed by atoms with Gasteiger partial charge in [0, 0.05) is 0 Å². The minimum atomic E-state index is -1.51. The number of hydrogen-bond donors (Lipinski definition) is 4. The van der Waals surface area contributed by atoms with Gasteiger partial charge >= 0.3 is 18.0 Å². The van der Waals surface area contributed by atoms with E-state index < -0.39 is 40.5 Å². The van der Waals surface area contributed by atoms with Crippen LogP contribution in [0.25, 0.3) is 0 Å². The SMILES string of the molecule is CC(C)(C)OC(=O)Nc1cc(C(=O)O)c(C(=O)O)cc1O. The number of hydrogen-bond acceptors (Lipinski definition) is 5. The van der Waals surface area contributed by atoms with E-state index in [1.807, 2.05) is 0 Å². The second-order valence-corrected chi connectivity index (χ2v) is 5.15. The molecule has 0 fully saturated rings. The molecule has 114 valence electrons. The van der Waals surface area contributed by atoms with E-state index in [1.165, 1.54) is 0 Å². The molecule has 0 saturated carbocycles. The number of carboxylic acid groups (broad SMARTS) is 2. The number of carbonyl (C=O) groups excluding carboxylic acids is 1. The third-order valence-electron chi connectivity index (χ3n) is 2.23. The molecule has 0 bridgehead atoms. The van der Waals surface area contributed by atoms with Gasteiger partial charge in [0.1, 0.15) is 11.4 Å². The van der Waals surface area contributed by atoms with Crippen molar-refractivity contribution in [3.63, 3.8) is 0 Å². The molecular weight excluding hydrogens is 282 g/mol. The number of benzene rings is 1. The zero-order valence-electron chi connectivity index (χ0n) is 11.6. The normalized spacial score (nSPS) is 10.8. The average Bonchev–Trinajstić information content (AvgIpc) is 2.28. The van der Waals surface area contributed by atoms with Gasteiger partial charge in [0.2, 0.25) is 0 Å². The Bertz CT molecular complexity index is 601. The molecule has 8 nitrogen and oxygen atoms in total. The zero-order valence-corrected chi connectivity index (χ0v) is 11.6. The van der Waals surface area contributed by atoms with Gasteiger partial charge in [-0.1, -0.05) is 0 Å². The third kappa shape index (κ3) is 4.37. The fourth-order valence-electron chi connectivity index (χ4n) is 1.46. The van der Waals surface area contributed by atoms with Gasteiger partial charge in [-0.2, -0.15) is 0 Å². The Hall–Kier alpha value is -2.77. The molecule has 1 aromatic rings. The Labute approximate surface area is 120 Å². The summed E-state index contributed by atoms with van der Waals surface area (Å²) in [5.74, 6) is -3.59. The topological polar surface area (TPSA) is 133 Å². The van der Waals surface area contributed by atoms with Crippen LogP contribution in [0, 0.1) is 0 Å². The Morgan fingerprint density at radius 1 is 1.05 bits per heavy atom. The molecule has 0 aliphatic rings. The summed E-state index contributed by atoms with van der Waals surface area (Å²) in [4.78, 5) is 33.5. The summed E-state index contributed by atoms with van der Waals surface area (Å²) in [5, 5.41) is 29.7. The quantitative estimate of drug-likeness (QED) is 0.628. The van der Waals surface area contributed by atoms with Crippen molar-refractivity contribution in [3.8, 4) is 5.75 Å². The highest BCUT2D eigenvalue weighted by atomic mass is 16.6. The van der Waals surface area contributed by atoms with E-state index in [-0.39, 0.29) is 5.69 Å². The first kappa shape index (κ1) is 16.3. The highest BCUT2D eigenvalue weighted by Gasteiger charge is 2.22. The number of aromatic carboxylic acids is 2. The van der Waals surface area contributed by atoms with Crippen molar-refractivity contribution in [2.45, 2.75) is 26.4 Å². The molecule has 1 rings (SSSR count). The van der Waals surface area contributed by atoms with E-state index in [4.69, 9.17) is 14.9 Å². The lowest BCUT2D eigenvalue weighted by Gasteiger charge is -2.20. The average molecular weight is 297 g/mol. The lowest BCUT2D eigenvalue weighted by atomic mass is 10.1. The number of anilines is 1. The van der Waals surface area contributed by atoms with Crippen LogP contribution in [-0.4, -0.2) is 39.0 Å². The van der Waals surface area contributed by atoms with Gasteiger partial charge in [-0.3, -0.25) is 5.32 Å². The van der Waals surface area contributed by atoms with E-state index in [9.17, 15) is 19.5 Å². The molecule has 0 aliphatic heterocycles. The molecule has 0 radical (unpaired) electrons. The Kier molecular flexibility index (Phi) is 4.42. The van der Waals surface area contributed by atoms with Gasteiger partial charge < -0.3 is 20.1 Å². The van der Waals surface area contributed by atoms with Crippen LogP contribution >= 0.6 is 0 Å². The highest BCUT2D eigenvalue weighted by Crippen LogP contribution is 2.28. The largest absolute Gasteiger partial charge is 0.506 e. The molecular formula is C13H15NO7. The number of phenols is 1. The number of aromatic hydroxyl groups is 1. The molecule has 8 heteroatoms. The van der Waals surface area contributed by atoms with Gasteiger partial charge in [-0.15, -0.1) is 0 Å². The van der Waals surface area contributed by atoms with Gasteiger partial charge in [-0.05, 0) is 32.9 Å². The summed E-state index contributed by atoms with van der Waals surface area (Å²) in [6, 6.07) is 1.60. The van der Waals surface area contributed by atoms with Crippen molar-refractivity contribution in [2.24, 2.45) is 0 Å². The van der Waals surface area contributed by atoms with Crippen LogP contribution in [0.4, 0.5) is 10.5 Å². The molecule has 0 atom stereocenters. The number of ether oxygens (including phenoxy) is 1. The van der Waals surface area contributed by atoms with Gasteiger partial charge in [0.15, 0.2) is 0 Å². The summed E-state index contributed by atoms with van der Waals surface area (Å²) in [6.45, 7) is 4.88. The monoisotopic (exact) mass is 297 g/mol. The molecule has 0 saturated heterocycles. The molecule has 1 amide bonds. The van der Waals surface area contributed by atoms with Crippen LogP contribution in [0.3, 0.4) is 0 Å². The summed E-state index contributed by atoms with van der Waals surface area (Å²) in [6.07, 6.45) is -0.905. The van der Waals surface area contributed by atoms with Crippen LogP contribution < -0.4 is 5.32 Å². The standard InChI is InChI=1S/C13H15NO7/c1-13(2,3)21-12(20)14-8-4-6(10(16)17)7(11(18)19)5-9(8)15/h4-5,15H,1-3H3,(H,14,20)(H,16,17)(H,18,19). The van der Waals surface area contributed by atoms with Crippen LogP contribution in [0.1, 0.15) is 41.5 Å². The molecule has 0 heterocycles. The van der Waals surface area contributed by atoms with E-state index in [1.54, 1.807) is 20.8 Å². The van der Waals surface area contributed by atoms with Crippen LogP contribution in [0.5, 0.6) is 5.75 Å². The van der Waals surface area contributed by atoms with E-state index >= 15 is 0 Å². The molecule has 4 N–H and O–H groups in total. The van der Waals surface area contributed by atoms with Crippen molar-refractivity contribution < 1.29 is 34.4 Å². The van der Waals surface area contributed by atoms with Crippen molar-refractivity contribution in [2.75, 3.05) is 5.32 Å². The van der Waals surface area contributed by atoms with Gasteiger partial charge in [0.25, 0.3) is 0 Å². The van der Waals surface area contributed by atoms with Crippen LogP contribution in [0.15, 0.2) is 12.1 Å². The van der Waals surface area contributed by atoms with Crippen molar-refractivity contribution in [1.29, 1.82) is 0 Å². The van der Waals surface area contributed by atoms with Gasteiger partial charge in [-0.25, -0.2) is 14.4 Å². The van der Waals surface area contributed by atoms with Gasteiger partial charge in [0.05, 0.1) is 16.8 Å². The predicted octanol–water partition coefficient (Wildman–Crippen LogP) is 2.14. The first-order chi connectivity index (χ1) is 9.51. The summed E-state index contributed by atoms with van der Waals surface area (Å²) in [7, 11) is 0. The number of amides is 1. The summed E-state index contributed by atoms with van der Waals surface area (Å²) in [5.41, 5.74) is -2.19. The maximum atomic E-state index is 11.6. The Morgan fingerprint density at radius 2 is 1.52 bits per heavy atom. The Morgan fingerprint density at radius 3 is 1.95 bits per heavy atom. The third-order valence-corrected chi connectivity index (χ3v) is 2.23. The minimum absolute atomic E-state index is 0.258. The second kappa shape index (κ2) is 5.70. The molecule has 0 aromatic heterocycles. The molecule has 0 spiro atoms. The van der Waals surface area contributed by atoms with Crippen molar-refractivity contribution in [1.82, 2.24) is 0 Å². The van der Waals surface area contributed by atoms with E-state index in [0.29, 0.717) is 0 Å². The molecule has 0 aliphatic carbocycles. The lowest BCUT2D eigenvalue weighted by Crippen LogP contribution is -2.27. The summed E-state index contributed by atoms with van der Waals surface area (Å²) < 4.78 is 4.95. The number of nitrogens with one attached hydrogen (secondary N) is 1. The first-order valence-corrected chi connectivity index (χ1v) is 5.85. The van der Waals surface area contributed by atoms with Crippen LogP contribution in [-0.2, 0) is 4.74 Å². The van der Waals surface area contributed by atoms with E-state index in [2.05, 4.69) is 5.32 Å². The fourth-order valence-corrected chi connectivity index (χ4v) is 1.46. The molecule has 21 heavy (non-hydrogen) atoms. The maximum absolute atomic E-state index is 11.6. The highest BCUT2D eigenvalue weighted by molar-refractivity contribution is 6.04. The number of phenolic OH excluding ortho intramolecular Hbond substituents is 1. The smallest absolute Gasteiger partial charge is 0.412 e. The number of carbonyl (C=O) groups is 3. The summed E-state index contributed by atoms with van der Waals surface area (Å²) >= 11 is 0. The Balaban J connectivity index is 3.15. The van der Waals surface area contributed by atoms with Crippen molar-refractivity contribution in [3.05, 3.63) is 23.3 Å². The minimum Gasteiger partial charge on any atom is -0.506 e. The molecule has 0 unspecified atom stereocenters. The van der Waals surface area contributed by atoms with E-state index in [0.717, 1.165) is 12.1 Å². The second-order valence-electron chi connectivity index (χ2n) is 5.15. The van der Waals surface area contributed by atoms with Crippen molar-refractivity contribution >= 4 is 23.7 Å². The number of carboxylic acids is 2. The number of rotatable bonds is 3. The fraction of sp³-hybridized carbons (Fsp3) is 0.308. The lowest BCUT2D eigenvalue weighted by molar-refractivity contribution is 0.0632.